The summed E-state index contributed by atoms with van der Waals surface area (Å²) in [5.41, 5.74) is 4.09. The van der Waals surface area contributed by atoms with E-state index in [4.69, 9.17) is 9.47 Å². The van der Waals surface area contributed by atoms with E-state index >= 15 is 0 Å². The van der Waals surface area contributed by atoms with Crippen LogP contribution in [0.3, 0.4) is 0 Å². The van der Waals surface area contributed by atoms with E-state index in [1.165, 1.54) is 0 Å². The van der Waals surface area contributed by atoms with E-state index in [2.05, 4.69) is 25.8 Å². The summed E-state index contributed by atoms with van der Waals surface area (Å²) in [7, 11) is 0. The number of hydrogen-bond acceptors (Lipinski definition) is 5. The predicted molar refractivity (Wildman–Crippen MR) is 110 cm³/mol. The molecule has 1 aromatic heterocycles. The van der Waals surface area contributed by atoms with Gasteiger partial charge in [-0.2, -0.15) is 0 Å². The van der Waals surface area contributed by atoms with Crippen LogP contribution in [0.15, 0.2) is 24.3 Å². The van der Waals surface area contributed by atoms with Crippen LogP contribution in [-0.2, 0) is 14.9 Å². The minimum Gasteiger partial charge on any atom is -0.462 e. The van der Waals surface area contributed by atoms with E-state index in [-0.39, 0.29) is 18.6 Å². The molecule has 0 amide bonds. The van der Waals surface area contributed by atoms with Crippen molar-refractivity contribution in [2.24, 2.45) is 0 Å². The first-order valence-corrected chi connectivity index (χ1v) is 9.58. The SMILES string of the molecule is CCOC(=O)c1c(C)nc(C)c(C(=O)OCC)c1-c1ccc(C(C)(C)C)cc1. The van der Waals surface area contributed by atoms with Crippen molar-refractivity contribution in [1.82, 2.24) is 4.98 Å². The third-order valence-electron chi connectivity index (χ3n) is 4.56. The van der Waals surface area contributed by atoms with Crippen molar-refractivity contribution >= 4 is 11.9 Å². The Kier molecular flexibility index (Phi) is 6.60. The molecule has 0 bridgehead atoms. The minimum atomic E-state index is -0.493. The molecule has 0 saturated carbocycles. The van der Waals surface area contributed by atoms with Crippen molar-refractivity contribution in [3.63, 3.8) is 0 Å². The van der Waals surface area contributed by atoms with Crippen LogP contribution in [0.25, 0.3) is 11.1 Å². The molecule has 1 heterocycles. The standard InChI is InChI=1S/C23H29NO4/c1-8-27-21(25)18-14(3)24-15(4)19(22(26)28-9-2)20(18)16-10-12-17(13-11-16)23(5,6)7/h10-13H,8-9H2,1-7H3. The maximum atomic E-state index is 12.7. The van der Waals surface area contributed by atoms with Gasteiger partial charge in [0.2, 0.25) is 0 Å². The highest BCUT2D eigenvalue weighted by Crippen LogP contribution is 2.34. The van der Waals surface area contributed by atoms with Gasteiger partial charge in [-0.05, 0) is 44.2 Å². The average molecular weight is 383 g/mol. The number of carbonyl (C=O) groups is 2. The molecule has 0 aliphatic heterocycles. The number of aromatic nitrogens is 1. The molecule has 2 aromatic rings. The second kappa shape index (κ2) is 8.55. The van der Waals surface area contributed by atoms with E-state index in [0.29, 0.717) is 28.1 Å². The number of benzene rings is 1. The van der Waals surface area contributed by atoms with Crippen LogP contribution in [0.5, 0.6) is 0 Å². The van der Waals surface area contributed by atoms with Crippen molar-refractivity contribution in [1.29, 1.82) is 0 Å². The second-order valence-electron chi connectivity index (χ2n) is 7.68. The first kappa shape index (κ1) is 21.6. The average Bonchev–Trinajstić information content (AvgIpc) is 2.60. The third kappa shape index (κ3) is 4.41. The summed E-state index contributed by atoms with van der Waals surface area (Å²) in [4.78, 5) is 29.9. The molecule has 0 radical (unpaired) electrons. The molecule has 5 nitrogen and oxygen atoms in total. The van der Waals surface area contributed by atoms with Crippen LogP contribution in [0.2, 0.25) is 0 Å². The van der Waals surface area contributed by atoms with Gasteiger partial charge in [-0.1, -0.05) is 45.0 Å². The van der Waals surface area contributed by atoms with Gasteiger partial charge >= 0.3 is 11.9 Å². The van der Waals surface area contributed by atoms with Crippen molar-refractivity contribution in [2.75, 3.05) is 13.2 Å². The molecule has 0 spiro atoms. The first-order valence-electron chi connectivity index (χ1n) is 9.58. The molecule has 0 aliphatic rings. The number of nitrogens with zero attached hydrogens (tertiary/aromatic N) is 1. The molecular formula is C23H29NO4. The Balaban J connectivity index is 2.80. The fourth-order valence-corrected chi connectivity index (χ4v) is 3.18. The Morgan fingerprint density at radius 3 is 1.64 bits per heavy atom. The van der Waals surface area contributed by atoms with Crippen molar-refractivity contribution < 1.29 is 19.1 Å². The van der Waals surface area contributed by atoms with Gasteiger partial charge in [-0.25, -0.2) is 9.59 Å². The van der Waals surface area contributed by atoms with Crippen molar-refractivity contribution in [3.05, 3.63) is 52.3 Å². The maximum absolute atomic E-state index is 12.7. The van der Waals surface area contributed by atoms with Crippen LogP contribution in [-0.4, -0.2) is 30.1 Å². The highest BCUT2D eigenvalue weighted by atomic mass is 16.5. The molecule has 2 rings (SSSR count). The number of ether oxygens (including phenoxy) is 2. The normalized spacial score (nSPS) is 11.2. The summed E-state index contributed by atoms with van der Waals surface area (Å²) in [5.74, 6) is -0.985. The van der Waals surface area contributed by atoms with Gasteiger partial charge in [0, 0.05) is 5.56 Å². The number of esters is 2. The van der Waals surface area contributed by atoms with Gasteiger partial charge in [-0.15, -0.1) is 0 Å². The molecular weight excluding hydrogens is 354 g/mol. The quantitative estimate of drug-likeness (QED) is 0.679. The zero-order chi connectivity index (χ0) is 21.1. The number of hydrogen-bond donors (Lipinski definition) is 0. The lowest BCUT2D eigenvalue weighted by Crippen LogP contribution is -2.17. The Morgan fingerprint density at radius 2 is 1.29 bits per heavy atom. The second-order valence-corrected chi connectivity index (χ2v) is 7.68. The maximum Gasteiger partial charge on any atom is 0.340 e. The molecule has 1 aromatic carbocycles. The minimum absolute atomic E-state index is 0.00342. The van der Waals surface area contributed by atoms with Gasteiger partial charge in [0.15, 0.2) is 0 Å². The van der Waals surface area contributed by atoms with Crippen LogP contribution in [0.1, 0.15) is 72.3 Å². The van der Waals surface area contributed by atoms with Crippen LogP contribution in [0, 0.1) is 13.8 Å². The van der Waals surface area contributed by atoms with Crippen LogP contribution < -0.4 is 0 Å². The van der Waals surface area contributed by atoms with E-state index in [9.17, 15) is 9.59 Å². The highest BCUT2D eigenvalue weighted by molar-refractivity contribution is 6.07. The van der Waals surface area contributed by atoms with Crippen molar-refractivity contribution in [2.45, 2.75) is 53.9 Å². The third-order valence-corrected chi connectivity index (χ3v) is 4.56. The Labute approximate surface area is 167 Å². The molecule has 0 atom stereocenters. The van der Waals surface area contributed by atoms with Gasteiger partial charge in [-0.3, -0.25) is 4.98 Å². The summed E-state index contributed by atoms with van der Waals surface area (Å²) < 4.78 is 10.5. The summed E-state index contributed by atoms with van der Waals surface area (Å²) >= 11 is 0. The molecule has 0 fully saturated rings. The van der Waals surface area contributed by atoms with E-state index < -0.39 is 11.9 Å². The van der Waals surface area contributed by atoms with Gasteiger partial charge in [0.05, 0.1) is 35.7 Å². The fourth-order valence-electron chi connectivity index (χ4n) is 3.18. The number of carbonyl (C=O) groups excluding carboxylic acids is 2. The predicted octanol–water partition coefficient (Wildman–Crippen LogP) is 5.02. The number of rotatable bonds is 5. The summed E-state index contributed by atoms with van der Waals surface area (Å²) in [6.45, 7) is 13.9. The lowest BCUT2D eigenvalue weighted by atomic mass is 9.85. The highest BCUT2D eigenvalue weighted by Gasteiger charge is 2.28. The van der Waals surface area contributed by atoms with E-state index in [1.54, 1.807) is 27.7 Å². The van der Waals surface area contributed by atoms with Gasteiger partial charge in [0.1, 0.15) is 0 Å². The summed E-state index contributed by atoms with van der Waals surface area (Å²) in [6, 6.07) is 7.90. The summed E-state index contributed by atoms with van der Waals surface area (Å²) in [5, 5.41) is 0. The fraction of sp³-hybridized carbons (Fsp3) is 0.435. The number of aryl methyl sites for hydroxylation is 2. The van der Waals surface area contributed by atoms with Gasteiger partial charge < -0.3 is 9.47 Å². The largest absolute Gasteiger partial charge is 0.462 e. The lowest BCUT2D eigenvalue weighted by Gasteiger charge is -2.21. The van der Waals surface area contributed by atoms with Crippen LogP contribution >= 0.6 is 0 Å². The Hall–Kier alpha value is -2.69. The molecule has 0 aliphatic carbocycles. The lowest BCUT2D eigenvalue weighted by molar-refractivity contribution is 0.0525. The Bertz CT molecular complexity index is 835. The molecule has 0 saturated heterocycles. The topological polar surface area (TPSA) is 65.5 Å². The molecule has 28 heavy (non-hydrogen) atoms. The monoisotopic (exact) mass is 383 g/mol. The molecule has 5 heteroatoms. The van der Waals surface area contributed by atoms with E-state index in [0.717, 1.165) is 11.1 Å². The smallest absolute Gasteiger partial charge is 0.340 e. The zero-order valence-corrected chi connectivity index (χ0v) is 17.8. The van der Waals surface area contributed by atoms with Gasteiger partial charge in [0.25, 0.3) is 0 Å². The molecule has 150 valence electrons. The first-order chi connectivity index (χ1) is 13.1. The number of pyridine rings is 1. The molecule has 0 N–H and O–H groups in total. The Morgan fingerprint density at radius 1 is 0.857 bits per heavy atom. The molecule has 0 unspecified atom stereocenters. The van der Waals surface area contributed by atoms with Crippen molar-refractivity contribution in [3.8, 4) is 11.1 Å². The zero-order valence-electron chi connectivity index (χ0n) is 17.8. The van der Waals surface area contributed by atoms with E-state index in [1.807, 2.05) is 24.3 Å². The summed E-state index contributed by atoms with van der Waals surface area (Å²) in [6.07, 6.45) is 0. The van der Waals surface area contributed by atoms with Crippen LogP contribution in [0.4, 0.5) is 0 Å².